The van der Waals surface area contributed by atoms with Crippen LogP contribution in [0, 0.1) is 5.92 Å². The lowest BCUT2D eigenvalue weighted by molar-refractivity contribution is -0.142. The highest BCUT2D eigenvalue weighted by Gasteiger charge is 2.32. The van der Waals surface area contributed by atoms with Gasteiger partial charge in [-0.1, -0.05) is 13.8 Å². The van der Waals surface area contributed by atoms with Gasteiger partial charge in [-0.2, -0.15) is 11.8 Å². The first kappa shape index (κ1) is 32.4. The number of carbonyl (C=O) groups excluding carboxylic acids is 3. The monoisotopic (exact) mass is 519 g/mol. The maximum absolute atomic E-state index is 12.9. The third-order valence-corrected chi connectivity index (χ3v) is 5.57. The van der Waals surface area contributed by atoms with E-state index < -0.39 is 54.0 Å². The molecule has 3 amide bonds. The van der Waals surface area contributed by atoms with E-state index in [1.807, 2.05) is 20.1 Å². The Morgan fingerprint density at radius 3 is 2.03 bits per heavy atom. The van der Waals surface area contributed by atoms with E-state index in [9.17, 15) is 29.4 Å². The first-order valence-corrected chi connectivity index (χ1v) is 12.8. The van der Waals surface area contributed by atoms with Crippen LogP contribution in [0.25, 0.3) is 0 Å². The van der Waals surface area contributed by atoms with Gasteiger partial charge in [0.25, 0.3) is 0 Å². The second kappa shape index (κ2) is 16.9. The lowest BCUT2D eigenvalue weighted by Crippen LogP contribution is -2.59. The predicted molar refractivity (Wildman–Crippen MR) is 135 cm³/mol. The third kappa shape index (κ3) is 13.8. The predicted octanol–water partition coefficient (Wildman–Crippen LogP) is -1.91. The molecule has 0 fully saturated rings. The molecule has 0 saturated carbocycles. The van der Waals surface area contributed by atoms with Crippen molar-refractivity contribution in [3.05, 3.63) is 0 Å². The van der Waals surface area contributed by atoms with Crippen LogP contribution in [0.1, 0.15) is 46.5 Å². The fraction of sp³-hybridized carbons (Fsp3) is 0.762. The average Bonchev–Trinajstić information content (AvgIpc) is 2.75. The zero-order valence-electron chi connectivity index (χ0n) is 20.8. The fourth-order valence-electron chi connectivity index (χ4n) is 3.08. The Morgan fingerprint density at radius 1 is 0.943 bits per heavy atom. The first-order valence-electron chi connectivity index (χ1n) is 11.4. The van der Waals surface area contributed by atoms with E-state index in [1.54, 1.807) is 0 Å². The minimum Gasteiger partial charge on any atom is -0.480 e. The Labute approximate surface area is 210 Å². The molecule has 0 aromatic rings. The number of aliphatic imine (C=N–C) groups is 1. The topological polar surface area (TPSA) is 235 Å². The van der Waals surface area contributed by atoms with E-state index >= 15 is 0 Å². The summed E-state index contributed by atoms with van der Waals surface area (Å²) in [5, 5.41) is 26.9. The summed E-state index contributed by atoms with van der Waals surface area (Å²) in [6, 6.07) is -4.52. The quantitative estimate of drug-likeness (QED) is 0.0602. The van der Waals surface area contributed by atoms with Crippen LogP contribution in [0.5, 0.6) is 0 Å². The molecule has 0 aromatic carbocycles. The van der Waals surface area contributed by atoms with Crippen LogP contribution in [-0.4, -0.2) is 88.7 Å². The van der Waals surface area contributed by atoms with Crippen LogP contribution in [0.3, 0.4) is 0 Å². The summed E-state index contributed by atoms with van der Waals surface area (Å²) in [7, 11) is 0. The van der Waals surface area contributed by atoms with Crippen molar-refractivity contribution in [3.63, 3.8) is 0 Å². The highest BCUT2D eigenvalue weighted by atomic mass is 32.2. The van der Waals surface area contributed by atoms with Gasteiger partial charge in [-0.15, -0.1) is 0 Å². The van der Waals surface area contributed by atoms with Gasteiger partial charge < -0.3 is 43.4 Å². The molecule has 0 heterocycles. The van der Waals surface area contributed by atoms with Gasteiger partial charge in [0.05, 0.1) is 12.1 Å². The molecule has 5 atom stereocenters. The van der Waals surface area contributed by atoms with Crippen molar-refractivity contribution >= 4 is 41.4 Å². The molecule has 35 heavy (non-hydrogen) atoms. The molecule has 0 saturated heterocycles. The number of thioether (sulfide) groups is 1. The standard InChI is InChI=1S/C21H41N7O6S/c1-11(2)10-13(22)17(30)28-16(12(3)29)19(32)26-14(7-9-35-4)18(31)27-15(20(33)34)6-5-8-25-21(23)24/h11-16,29H,5-10,22H2,1-4H3,(H,26,32)(H,27,31)(H,28,30)(H,33,34)(H4,23,24,25). The molecule has 5 unspecified atom stereocenters. The summed E-state index contributed by atoms with van der Waals surface area (Å²) in [6.45, 7) is 5.31. The number of carboxylic acid groups (broad SMARTS) is 1. The van der Waals surface area contributed by atoms with Crippen molar-refractivity contribution in [1.82, 2.24) is 16.0 Å². The molecule has 14 heteroatoms. The lowest BCUT2D eigenvalue weighted by Gasteiger charge is -2.26. The van der Waals surface area contributed by atoms with Crippen molar-refractivity contribution < 1.29 is 29.4 Å². The second-order valence-corrected chi connectivity index (χ2v) is 9.64. The number of carbonyl (C=O) groups is 4. The Balaban J connectivity index is 5.35. The van der Waals surface area contributed by atoms with Crippen molar-refractivity contribution in [2.24, 2.45) is 28.1 Å². The molecule has 0 aliphatic carbocycles. The summed E-state index contributed by atoms with van der Waals surface area (Å²) in [5.41, 5.74) is 16.4. The summed E-state index contributed by atoms with van der Waals surface area (Å²) in [5.74, 6) is -2.81. The molecule has 0 aliphatic heterocycles. The van der Waals surface area contributed by atoms with E-state index in [0.29, 0.717) is 18.6 Å². The normalized spacial score (nSPS) is 15.3. The Bertz CT molecular complexity index is 731. The number of nitrogens with two attached hydrogens (primary N) is 3. The number of carboxylic acids is 1. The van der Waals surface area contributed by atoms with Crippen LogP contribution in [0.2, 0.25) is 0 Å². The molecule has 0 rings (SSSR count). The molecule has 202 valence electrons. The van der Waals surface area contributed by atoms with E-state index in [0.717, 1.165) is 0 Å². The number of guanidine groups is 1. The van der Waals surface area contributed by atoms with Crippen LogP contribution in [0.4, 0.5) is 0 Å². The summed E-state index contributed by atoms with van der Waals surface area (Å²) in [4.78, 5) is 53.5. The maximum atomic E-state index is 12.9. The molecule has 0 aromatic heterocycles. The van der Waals surface area contributed by atoms with Crippen molar-refractivity contribution in [3.8, 4) is 0 Å². The summed E-state index contributed by atoms with van der Waals surface area (Å²) >= 11 is 1.43. The number of aliphatic hydroxyl groups is 1. The number of nitrogens with zero attached hydrogens (tertiary/aromatic N) is 1. The Morgan fingerprint density at radius 2 is 1.54 bits per heavy atom. The number of hydrogen-bond acceptors (Lipinski definition) is 8. The molecule has 0 aliphatic rings. The minimum absolute atomic E-state index is 0.0706. The molecular formula is C21H41N7O6S. The average molecular weight is 520 g/mol. The van der Waals surface area contributed by atoms with Crippen LogP contribution < -0.4 is 33.2 Å². The van der Waals surface area contributed by atoms with Gasteiger partial charge in [0.15, 0.2) is 5.96 Å². The molecule has 13 nitrogen and oxygen atoms in total. The van der Waals surface area contributed by atoms with Crippen molar-refractivity contribution in [2.45, 2.75) is 76.7 Å². The van der Waals surface area contributed by atoms with Crippen molar-refractivity contribution in [1.29, 1.82) is 0 Å². The van der Waals surface area contributed by atoms with Gasteiger partial charge in [-0.05, 0) is 50.5 Å². The van der Waals surface area contributed by atoms with Gasteiger partial charge >= 0.3 is 5.97 Å². The number of nitrogens with one attached hydrogen (secondary N) is 3. The Kier molecular flexibility index (Phi) is 15.7. The molecular weight excluding hydrogens is 478 g/mol. The van der Waals surface area contributed by atoms with Crippen LogP contribution in [0.15, 0.2) is 4.99 Å². The Hall–Kier alpha value is -2.58. The van der Waals surface area contributed by atoms with Gasteiger partial charge in [-0.3, -0.25) is 19.4 Å². The van der Waals surface area contributed by atoms with Crippen LogP contribution >= 0.6 is 11.8 Å². The highest BCUT2D eigenvalue weighted by molar-refractivity contribution is 7.98. The van der Waals surface area contributed by atoms with E-state index in [1.165, 1.54) is 18.7 Å². The fourth-order valence-corrected chi connectivity index (χ4v) is 3.55. The maximum Gasteiger partial charge on any atom is 0.326 e. The highest BCUT2D eigenvalue weighted by Crippen LogP contribution is 2.07. The molecule has 0 radical (unpaired) electrons. The number of hydrogen-bond donors (Lipinski definition) is 8. The van der Waals surface area contributed by atoms with E-state index in [2.05, 4.69) is 20.9 Å². The van der Waals surface area contributed by atoms with Crippen molar-refractivity contribution in [2.75, 3.05) is 18.6 Å². The first-order chi connectivity index (χ1) is 16.3. The number of aliphatic carboxylic acids is 1. The summed E-state index contributed by atoms with van der Waals surface area (Å²) in [6.07, 6.45) is 1.52. The number of amides is 3. The third-order valence-electron chi connectivity index (χ3n) is 4.93. The van der Waals surface area contributed by atoms with E-state index in [4.69, 9.17) is 17.2 Å². The summed E-state index contributed by atoms with van der Waals surface area (Å²) < 4.78 is 0. The van der Waals surface area contributed by atoms with Gasteiger partial charge in [-0.25, -0.2) is 4.79 Å². The minimum atomic E-state index is -1.35. The second-order valence-electron chi connectivity index (χ2n) is 8.65. The molecule has 11 N–H and O–H groups in total. The van der Waals surface area contributed by atoms with Gasteiger partial charge in [0.2, 0.25) is 17.7 Å². The number of rotatable bonds is 17. The number of aliphatic hydroxyl groups excluding tert-OH is 1. The lowest BCUT2D eigenvalue weighted by atomic mass is 10.0. The molecule has 0 spiro atoms. The van der Waals surface area contributed by atoms with Crippen LogP contribution in [-0.2, 0) is 19.2 Å². The zero-order valence-corrected chi connectivity index (χ0v) is 21.6. The SMILES string of the molecule is CSCCC(NC(=O)C(NC(=O)C(N)CC(C)C)C(C)O)C(=O)NC(CCCN=C(N)N)C(=O)O. The van der Waals surface area contributed by atoms with Gasteiger partial charge in [0, 0.05) is 6.54 Å². The molecule has 0 bridgehead atoms. The van der Waals surface area contributed by atoms with E-state index in [-0.39, 0.29) is 31.3 Å². The zero-order chi connectivity index (χ0) is 27.1. The largest absolute Gasteiger partial charge is 0.480 e. The van der Waals surface area contributed by atoms with Gasteiger partial charge in [0.1, 0.15) is 18.1 Å². The smallest absolute Gasteiger partial charge is 0.326 e.